The number of amides is 1. The highest BCUT2D eigenvalue weighted by Crippen LogP contribution is 2.45. The number of aliphatic hydroxyl groups excluding tert-OH is 4. The molecule has 0 spiro atoms. The summed E-state index contributed by atoms with van der Waals surface area (Å²) in [6, 6.07) is -1.03. The van der Waals surface area contributed by atoms with Crippen molar-refractivity contribution < 1.29 is 54.1 Å². The van der Waals surface area contributed by atoms with E-state index < -0.39 is 77.6 Å². The molecule has 0 radical (unpaired) electrons. The van der Waals surface area contributed by atoms with Crippen LogP contribution in [0.15, 0.2) is 0 Å². The standard InChI is InChI=1S/C20H35NO11/c1-9(23)21-16-17(2,3)30-10(8-22)11(24)19(16,5)32-20(6)13(26)12(25)18(4,29-7)14(31-20)15(27)28/h10-14,16,22,24-26H,8H2,1-7H3,(H,21,23)(H,27,28)/t10?,11-,12-,13?,14?,16?,18+,19+,20+/m1/s1. The van der Waals surface area contributed by atoms with E-state index >= 15 is 0 Å². The number of hydrogen-bond acceptors (Lipinski definition) is 10. The van der Waals surface area contributed by atoms with Gasteiger partial charge < -0.3 is 49.8 Å². The van der Waals surface area contributed by atoms with Crippen LogP contribution in [0.3, 0.4) is 0 Å². The maximum atomic E-state index is 11.9. The summed E-state index contributed by atoms with van der Waals surface area (Å²) in [5, 5.41) is 54.7. The number of aliphatic carboxylic acids is 1. The highest BCUT2D eigenvalue weighted by Gasteiger charge is 2.66. The number of nitrogens with one attached hydrogen (secondary N) is 1. The van der Waals surface area contributed by atoms with Crippen molar-refractivity contribution in [1.82, 2.24) is 5.32 Å². The van der Waals surface area contributed by atoms with Gasteiger partial charge >= 0.3 is 5.97 Å². The van der Waals surface area contributed by atoms with E-state index in [9.17, 15) is 35.1 Å². The van der Waals surface area contributed by atoms with Gasteiger partial charge in [-0.05, 0) is 34.6 Å². The van der Waals surface area contributed by atoms with Crippen molar-refractivity contribution in [2.24, 2.45) is 0 Å². The van der Waals surface area contributed by atoms with Crippen LogP contribution in [0.5, 0.6) is 0 Å². The molecule has 2 aliphatic rings. The highest BCUT2D eigenvalue weighted by molar-refractivity contribution is 5.74. The van der Waals surface area contributed by atoms with Gasteiger partial charge in [0.1, 0.15) is 35.6 Å². The highest BCUT2D eigenvalue weighted by atomic mass is 16.7. The van der Waals surface area contributed by atoms with Crippen molar-refractivity contribution in [3.63, 3.8) is 0 Å². The summed E-state index contributed by atoms with van der Waals surface area (Å²) in [4.78, 5) is 23.8. The molecule has 2 fully saturated rings. The Balaban J connectivity index is 2.57. The fourth-order valence-corrected chi connectivity index (χ4v) is 4.75. The Hall–Kier alpha value is -1.38. The number of carbonyl (C=O) groups is 2. The molecule has 32 heavy (non-hydrogen) atoms. The Morgan fingerprint density at radius 2 is 1.53 bits per heavy atom. The first-order valence-electron chi connectivity index (χ1n) is 10.3. The quantitative estimate of drug-likeness (QED) is 0.258. The first-order chi connectivity index (χ1) is 14.5. The SMILES string of the molecule is CO[C@]1(C)C(C(=O)O)O[C@@](C)(O[C@]2(C)C(NC(C)=O)C(C)(C)OC(CO)[C@H]2O)C(O)[C@H]1O. The molecule has 4 unspecified atom stereocenters. The van der Waals surface area contributed by atoms with Gasteiger partial charge in [-0.25, -0.2) is 4.79 Å². The van der Waals surface area contributed by atoms with Gasteiger partial charge in [0, 0.05) is 14.0 Å². The van der Waals surface area contributed by atoms with E-state index in [1.165, 1.54) is 34.8 Å². The fraction of sp³-hybridized carbons (Fsp3) is 0.900. The average molecular weight is 465 g/mol. The van der Waals surface area contributed by atoms with E-state index in [-0.39, 0.29) is 0 Å². The molecule has 0 saturated carbocycles. The summed E-state index contributed by atoms with van der Waals surface area (Å²) in [7, 11) is 1.17. The Kier molecular flexibility index (Phi) is 7.36. The predicted molar refractivity (Wildman–Crippen MR) is 107 cm³/mol. The van der Waals surface area contributed by atoms with E-state index in [2.05, 4.69) is 5.32 Å². The first-order valence-corrected chi connectivity index (χ1v) is 10.3. The molecule has 0 aromatic heterocycles. The monoisotopic (exact) mass is 465 g/mol. The smallest absolute Gasteiger partial charge is 0.336 e. The molecule has 2 aliphatic heterocycles. The normalized spacial score (nSPS) is 46.5. The van der Waals surface area contributed by atoms with Crippen LogP contribution in [0, 0.1) is 0 Å². The molecule has 0 aromatic rings. The Bertz CT molecular complexity index is 732. The average Bonchev–Trinajstić information content (AvgIpc) is 2.69. The molecule has 1 amide bonds. The van der Waals surface area contributed by atoms with Crippen LogP contribution >= 0.6 is 0 Å². The van der Waals surface area contributed by atoms with Gasteiger partial charge in [-0.2, -0.15) is 0 Å². The largest absolute Gasteiger partial charge is 0.479 e. The molecule has 0 bridgehead atoms. The van der Waals surface area contributed by atoms with Gasteiger partial charge in [-0.15, -0.1) is 0 Å². The van der Waals surface area contributed by atoms with E-state index in [1.807, 2.05) is 0 Å². The molecule has 0 aliphatic carbocycles. The van der Waals surface area contributed by atoms with Crippen molar-refractivity contribution in [3.05, 3.63) is 0 Å². The van der Waals surface area contributed by atoms with E-state index in [4.69, 9.17) is 18.9 Å². The summed E-state index contributed by atoms with van der Waals surface area (Å²) >= 11 is 0. The van der Waals surface area contributed by atoms with Crippen LogP contribution in [-0.2, 0) is 28.5 Å². The molecule has 9 atom stereocenters. The molecule has 0 aromatic carbocycles. The zero-order valence-electron chi connectivity index (χ0n) is 19.4. The van der Waals surface area contributed by atoms with Crippen LogP contribution in [0.25, 0.3) is 0 Å². The van der Waals surface area contributed by atoms with Gasteiger partial charge in [0.25, 0.3) is 0 Å². The Labute approximate surface area is 186 Å². The lowest BCUT2D eigenvalue weighted by atomic mass is 9.74. The molecular formula is C20H35NO11. The number of carboxylic acid groups (broad SMARTS) is 1. The Morgan fingerprint density at radius 1 is 0.969 bits per heavy atom. The summed E-state index contributed by atoms with van der Waals surface area (Å²) in [5.41, 5.74) is -4.75. The third kappa shape index (κ3) is 4.26. The molecule has 12 heteroatoms. The minimum Gasteiger partial charge on any atom is -0.479 e. The number of aliphatic hydroxyl groups is 4. The molecule has 2 rings (SSSR count). The number of ether oxygens (including phenoxy) is 4. The lowest BCUT2D eigenvalue weighted by Crippen LogP contribution is -2.78. The van der Waals surface area contributed by atoms with E-state index in [0.717, 1.165) is 0 Å². The zero-order chi connectivity index (χ0) is 24.9. The topological polar surface area (TPSA) is 184 Å². The van der Waals surface area contributed by atoms with E-state index in [1.54, 1.807) is 13.8 Å². The second-order valence-corrected chi connectivity index (χ2v) is 9.44. The maximum absolute atomic E-state index is 11.9. The molecule has 2 heterocycles. The lowest BCUT2D eigenvalue weighted by molar-refractivity contribution is -0.414. The van der Waals surface area contributed by atoms with Crippen molar-refractivity contribution in [2.45, 2.75) is 101 Å². The molecule has 2 saturated heterocycles. The number of hydrogen-bond donors (Lipinski definition) is 6. The van der Waals surface area contributed by atoms with Gasteiger partial charge in [-0.1, -0.05) is 0 Å². The van der Waals surface area contributed by atoms with Crippen LogP contribution in [0.2, 0.25) is 0 Å². The second-order valence-electron chi connectivity index (χ2n) is 9.44. The number of carbonyl (C=O) groups excluding carboxylic acids is 1. The van der Waals surface area contributed by atoms with Gasteiger partial charge in [0.15, 0.2) is 11.9 Å². The van der Waals surface area contributed by atoms with Crippen molar-refractivity contribution >= 4 is 11.9 Å². The summed E-state index contributed by atoms with van der Waals surface area (Å²) < 4.78 is 22.7. The minimum absolute atomic E-state index is 0.471. The van der Waals surface area contributed by atoms with Crippen molar-refractivity contribution in [2.75, 3.05) is 13.7 Å². The minimum atomic E-state index is -2.17. The van der Waals surface area contributed by atoms with Crippen LogP contribution < -0.4 is 5.32 Å². The maximum Gasteiger partial charge on any atom is 0.336 e. The van der Waals surface area contributed by atoms with Crippen molar-refractivity contribution in [1.29, 1.82) is 0 Å². The molecule has 12 nitrogen and oxygen atoms in total. The third-order valence-corrected chi connectivity index (χ3v) is 6.57. The Morgan fingerprint density at radius 3 is 1.97 bits per heavy atom. The van der Waals surface area contributed by atoms with Crippen LogP contribution in [-0.4, -0.2) is 110 Å². The van der Waals surface area contributed by atoms with E-state index in [0.29, 0.717) is 0 Å². The summed E-state index contributed by atoms with van der Waals surface area (Å²) in [6.07, 6.45) is -8.00. The molecular weight excluding hydrogens is 430 g/mol. The first kappa shape index (κ1) is 26.9. The van der Waals surface area contributed by atoms with Crippen LogP contribution in [0.1, 0.15) is 41.5 Å². The number of rotatable bonds is 6. The van der Waals surface area contributed by atoms with Crippen molar-refractivity contribution in [3.8, 4) is 0 Å². The molecule has 6 N–H and O–H groups in total. The second kappa shape index (κ2) is 8.76. The number of carboxylic acids is 1. The van der Waals surface area contributed by atoms with Crippen LogP contribution in [0.4, 0.5) is 0 Å². The fourth-order valence-electron chi connectivity index (χ4n) is 4.75. The number of methoxy groups -OCH3 is 1. The predicted octanol–water partition coefficient (Wildman–Crippen LogP) is -1.88. The zero-order valence-corrected chi connectivity index (χ0v) is 19.4. The lowest BCUT2D eigenvalue weighted by Gasteiger charge is -2.59. The van der Waals surface area contributed by atoms with Gasteiger partial charge in [0.2, 0.25) is 5.91 Å². The summed E-state index contributed by atoms with van der Waals surface area (Å²) in [6.45, 7) is 7.79. The van der Waals surface area contributed by atoms with Gasteiger partial charge in [-0.3, -0.25) is 4.79 Å². The molecule has 186 valence electrons. The van der Waals surface area contributed by atoms with Gasteiger partial charge in [0.05, 0.1) is 18.2 Å². The summed E-state index contributed by atoms with van der Waals surface area (Å²) in [5.74, 6) is -4.11. The third-order valence-electron chi connectivity index (χ3n) is 6.57.